The SMILES string of the molecule is CC(=O)O[C@H]1CC[C@@]2(C)[C@H](C1)[C@@H](OC(C)=O)C=C1[C@@H]2CC[C@@]2(C)[C@H]1CC[C@H]2[C@H](C)C[C@H](OC(C)=O)[C@H](C)C(C)C. The van der Waals surface area contributed by atoms with Gasteiger partial charge in [-0.05, 0) is 104 Å². The Labute approximate surface area is 242 Å². The third kappa shape index (κ3) is 5.88. The smallest absolute Gasteiger partial charge is 0.303 e. The van der Waals surface area contributed by atoms with E-state index in [9.17, 15) is 14.4 Å². The molecule has 0 heterocycles. The summed E-state index contributed by atoms with van der Waals surface area (Å²) in [6.07, 6.45) is 10.1. The van der Waals surface area contributed by atoms with Crippen LogP contribution in [0.25, 0.3) is 0 Å². The predicted octanol–water partition coefficient (Wildman–Crippen LogP) is 7.29. The number of fused-ring (bicyclic) bond motifs is 5. The van der Waals surface area contributed by atoms with Gasteiger partial charge in [-0.3, -0.25) is 14.4 Å². The lowest BCUT2D eigenvalue weighted by molar-refractivity contribution is -0.165. The Hall–Kier alpha value is -1.85. The second-order valence-corrected chi connectivity index (χ2v) is 14.7. The standard InChI is InChI=1S/C34H54O6/c1-19(2)21(4)31(39-23(6)36)16-20(3)27-10-11-28-26-18-32(40-24(7)37)30-17-25(38-22(5)35)12-14-34(30,9)29(26)13-15-33(27,28)8/h18-21,25,27-32H,10-17H2,1-9H3/t20-,21-,25+,27+,28+,29+,30-,31+,32+,33-,34-/m1/s1. The molecule has 4 aliphatic rings. The van der Waals surface area contributed by atoms with E-state index >= 15 is 0 Å². The predicted molar refractivity (Wildman–Crippen MR) is 155 cm³/mol. The van der Waals surface area contributed by atoms with Gasteiger partial charge in [0.15, 0.2) is 0 Å². The Bertz CT molecular complexity index is 1000. The first-order chi connectivity index (χ1) is 18.7. The van der Waals surface area contributed by atoms with Crippen LogP contribution in [0, 0.1) is 52.3 Å². The molecule has 0 amide bonds. The third-order valence-corrected chi connectivity index (χ3v) is 12.0. The van der Waals surface area contributed by atoms with E-state index in [4.69, 9.17) is 14.2 Å². The van der Waals surface area contributed by atoms with Gasteiger partial charge >= 0.3 is 17.9 Å². The molecule has 0 bridgehead atoms. The van der Waals surface area contributed by atoms with Gasteiger partial charge in [-0.2, -0.15) is 0 Å². The molecule has 3 fully saturated rings. The summed E-state index contributed by atoms with van der Waals surface area (Å²) in [6, 6.07) is 0. The molecule has 0 aromatic carbocycles. The highest BCUT2D eigenvalue weighted by atomic mass is 16.6. The molecule has 0 aromatic rings. The summed E-state index contributed by atoms with van der Waals surface area (Å²) in [6.45, 7) is 18.4. The van der Waals surface area contributed by atoms with Crippen LogP contribution < -0.4 is 0 Å². The molecule has 226 valence electrons. The molecule has 0 unspecified atom stereocenters. The summed E-state index contributed by atoms with van der Waals surface area (Å²) in [5.74, 6) is 2.24. The van der Waals surface area contributed by atoms with Gasteiger partial charge in [-0.25, -0.2) is 0 Å². The minimum Gasteiger partial charge on any atom is -0.463 e. The molecule has 0 radical (unpaired) electrons. The number of esters is 3. The van der Waals surface area contributed by atoms with Crippen LogP contribution in [0.5, 0.6) is 0 Å². The van der Waals surface area contributed by atoms with Gasteiger partial charge in [0.1, 0.15) is 18.3 Å². The quantitative estimate of drug-likeness (QED) is 0.177. The van der Waals surface area contributed by atoms with E-state index in [0.717, 1.165) is 38.5 Å². The molecule has 11 atom stereocenters. The number of ether oxygens (including phenoxy) is 3. The minimum atomic E-state index is -0.272. The second kappa shape index (κ2) is 11.8. The highest BCUT2D eigenvalue weighted by Crippen LogP contribution is 2.67. The summed E-state index contributed by atoms with van der Waals surface area (Å²) in [5, 5.41) is 0. The van der Waals surface area contributed by atoms with E-state index in [1.54, 1.807) is 0 Å². The van der Waals surface area contributed by atoms with Crippen LogP contribution in [-0.2, 0) is 28.6 Å². The average Bonchev–Trinajstić information content (AvgIpc) is 3.20. The molecule has 0 spiro atoms. The summed E-state index contributed by atoms with van der Waals surface area (Å²) in [7, 11) is 0. The van der Waals surface area contributed by atoms with E-state index in [1.807, 2.05) is 0 Å². The maximum absolute atomic E-state index is 12.3. The van der Waals surface area contributed by atoms with Crippen LogP contribution in [-0.4, -0.2) is 36.2 Å². The van der Waals surface area contributed by atoms with Crippen molar-refractivity contribution in [2.45, 2.75) is 132 Å². The molecule has 4 rings (SSSR count). The van der Waals surface area contributed by atoms with Gasteiger partial charge in [0, 0.05) is 26.7 Å². The Morgan fingerprint density at radius 1 is 0.850 bits per heavy atom. The average molecular weight is 559 g/mol. The first-order valence-electron chi connectivity index (χ1n) is 15.9. The second-order valence-electron chi connectivity index (χ2n) is 14.7. The fourth-order valence-electron chi connectivity index (χ4n) is 9.68. The fraction of sp³-hybridized carbons (Fsp3) is 0.853. The van der Waals surface area contributed by atoms with E-state index < -0.39 is 0 Å². The zero-order valence-corrected chi connectivity index (χ0v) is 26.5. The van der Waals surface area contributed by atoms with Crippen LogP contribution in [0.1, 0.15) is 114 Å². The minimum absolute atomic E-state index is 0.0268. The Balaban J connectivity index is 1.60. The summed E-state index contributed by atoms with van der Waals surface area (Å²) in [5.41, 5.74) is 1.73. The molecule has 0 aromatic heterocycles. The first kappa shape index (κ1) is 31.1. The lowest BCUT2D eigenvalue weighted by Crippen LogP contribution is -2.54. The monoisotopic (exact) mass is 558 g/mol. The van der Waals surface area contributed by atoms with Gasteiger partial charge in [0.05, 0.1) is 0 Å². The van der Waals surface area contributed by atoms with Crippen molar-refractivity contribution in [1.82, 2.24) is 0 Å². The maximum Gasteiger partial charge on any atom is 0.303 e. The van der Waals surface area contributed by atoms with Crippen molar-refractivity contribution in [2.75, 3.05) is 0 Å². The van der Waals surface area contributed by atoms with Crippen LogP contribution in [0.15, 0.2) is 11.6 Å². The Morgan fingerprint density at radius 3 is 2.08 bits per heavy atom. The highest BCUT2D eigenvalue weighted by Gasteiger charge is 2.60. The van der Waals surface area contributed by atoms with Gasteiger partial charge in [-0.15, -0.1) is 0 Å². The van der Waals surface area contributed by atoms with Crippen LogP contribution in [0.4, 0.5) is 0 Å². The summed E-state index contributed by atoms with van der Waals surface area (Å²) < 4.78 is 17.6. The van der Waals surface area contributed by atoms with Crippen LogP contribution >= 0.6 is 0 Å². The molecule has 6 heteroatoms. The van der Waals surface area contributed by atoms with Crippen molar-refractivity contribution in [2.24, 2.45) is 52.3 Å². The van der Waals surface area contributed by atoms with Gasteiger partial charge in [0.2, 0.25) is 0 Å². The molecule has 0 saturated heterocycles. The summed E-state index contributed by atoms with van der Waals surface area (Å²) >= 11 is 0. The zero-order chi connectivity index (χ0) is 29.6. The molecular formula is C34H54O6. The van der Waals surface area contributed by atoms with Crippen molar-refractivity contribution >= 4 is 17.9 Å². The third-order valence-electron chi connectivity index (χ3n) is 12.0. The number of allylic oxidation sites excluding steroid dienone is 1. The number of hydrogen-bond donors (Lipinski definition) is 0. The molecule has 0 aliphatic heterocycles. The molecule has 0 N–H and O–H groups in total. The van der Waals surface area contributed by atoms with Crippen molar-refractivity contribution in [3.05, 3.63) is 11.6 Å². The maximum atomic E-state index is 12.3. The Morgan fingerprint density at radius 2 is 1.48 bits per heavy atom. The topological polar surface area (TPSA) is 78.9 Å². The molecule has 6 nitrogen and oxygen atoms in total. The van der Waals surface area contributed by atoms with Crippen molar-refractivity contribution < 1.29 is 28.6 Å². The normalized spacial score (nSPS) is 39.1. The van der Waals surface area contributed by atoms with E-state index in [2.05, 4.69) is 47.6 Å². The fourth-order valence-corrected chi connectivity index (χ4v) is 9.68. The molecule has 3 saturated carbocycles. The van der Waals surface area contributed by atoms with Crippen LogP contribution in [0.2, 0.25) is 0 Å². The highest BCUT2D eigenvalue weighted by molar-refractivity contribution is 5.67. The van der Waals surface area contributed by atoms with Gasteiger partial charge in [0.25, 0.3) is 0 Å². The van der Waals surface area contributed by atoms with Crippen molar-refractivity contribution in [3.8, 4) is 0 Å². The van der Waals surface area contributed by atoms with Gasteiger partial charge < -0.3 is 14.2 Å². The largest absolute Gasteiger partial charge is 0.463 e. The molecule has 4 aliphatic carbocycles. The first-order valence-corrected chi connectivity index (χ1v) is 15.9. The zero-order valence-electron chi connectivity index (χ0n) is 26.5. The Kier molecular flexibility index (Phi) is 9.17. The molecular weight excluding hydrogens is 504 g/mol. The molecule has 40 heavy (non-hydrogen) atoms. The van der Waals surface area contributed by atoms with E-state index in [1.165, 1.54) is 39.2 Å². The number of carbonyl (C=O) groups excluding carboxylic acids is 3. The van der Waals surface area contributed by atoms with Gasteiger partial charge in [-0.1, -0.05) is 47.1 Å². The lowest BCUT2D eigenvalue weighted by atomic mass is 9.47. The lowest BCUT2D eigenvalue weighted by Gasteiger charge is -2.59. The van der Waals surface area contributed by atoms with Crippen molar-refractivity contribution in [3.63, 3.8) is 0 Å². The van der Waals surface area contributed by atoms with E-state index in [0.29, 0.717) is 35.5 Å². The van der Waals surface area contributed by atoms with Crippen LogP contribution in [0.3, 0.4) is 0 Å². The summed E-state index contributed by atoms with van der Waals surface area (Å²) in [4.78, 5) is 36.0. The number of rotatable bonds is 8. The number of carbonyl (C=O) groups is 3. The number of hydrogen-bond acceptors (Lipinski definition) is 6. The van der Waals surface area contributed by atoms with Crippen molar-refractivity contribution in [1.29, 1.82) is 0 Å². The van der Waals surface area contributed by atoms with E-state index in [-0.39, 0.29) is 53.0 Å².